The molecule has 3 N–H and O–H groups in total. The standard InChI is InChI=1S/C11H14ClFN2O2/c1-14-11(17)9-4-7(13)2-3-10(9)15-6-8(16)5-12/h2-4,8,15-16H,5-6H2,1H3,(H,14,17). The van der Waals surface area contributed by atoms with Crippen molar-refractivity contribution in [2.45, 2.75) is 6.10 Å². The van der Waals surface area contributed by atoms with E-state index in [1.807, 2.05) is 0 Å². The van der Waals surface area contributed by atoms with E-state index in [4.69, 9.17) is 11.6 Å². The molecule has 1 amide bonds. The molecule has 0 aliphatic carbocycles. The van der Waals surface area contributed by atoms with Gasteiger partial charge in [-0.3, -0.25) is 4.79 Å². The topological polar surface area (TPSA) is 61.4 Å². The van der Waals surface area contributed by atoms with Crippen molar-refractivity contribution < 1.29 is 14.3 Å². The Hall–Kier alpha value is -1.33. The molecule has 0 aliphatic rings. The van der Waals surface area contributed by atoms with Crippen molar-refractivity contribution >= 4 is 23.2 Å². The van der Waals surface area contributed by atoms with Gasteiger partial charge in [0, 0.05) is 19.3 Å². The minimum absolute atomic E-state index is 0.0868. The predicted octanol–water partition coefficient (Wildman–Crippen LogP) is 1.20. The molecule has 0 spiro atoms. The van der Waals surface area contributed by atoms with Gasteiger partial charge in [-0.15, -0.1) is 11.6 Å². The second-order valence-electron chi connectivity index (χ2n) is 3.46. The van der Waals surface area contributed by atoms with Crippen LogP contribution in [-0.4, -0.2) is 36.6 Å². The molecule has 6 heteroatoms. The number of benzene rings is 1. The molecular weight excluding hydrogens is 247 g/mol. The number of hydrogen-bond acceptors (Lipinski definition) is 3. The highest BCUT2D eigenvalue weighted by Gasteiger charge is 2.12. The Morgan fingerprint density at radius 2 is 2.29 bits per heavy atom. The van der Waals surface area contributed by atoms with Crippen LogP contribution in [0.5, 0.6) is 0 Å². The first-order valence-corrected chi connectivity index (χ1v) is 5.61. The fraction of sp³-hybridized carbons (Fsp3) is 0.364. The molecule has 0 aromatic heterocycles. The molecule has 0 bridgehead atoms. The zero-order chi connectivity index (χ0) is 12.8. The number of rotatable bonds is 5. The summed E-state index contributed by atoms with van der Waals surface area (Å²) >= 11 is 5.44. The maximum absolute atomic E-state index is 13.0. The fourth-order valence-corrected chi connectivity index (χ4v) is 1.38. The summed E-state index contributed by atoms with van der Waals surface area (Å²) in [6, 6.07) is 3.82. The highest BCUT2D eigenvalue weighted by Crippen LogP contribution is 2.17. The lowest BCUT2D eigenvalue weighted by molar-refractivity contribution is 0.0963. The van der Waals surface area contributed by atoms with Crippen molar-refractivity contribution in [2.75, 3.05) is 24.8 Å². The smallest absolute Gasteiger partial charge is 0.253 e. The lowest BCUT2D eigenvalue weighted by Gasteiger charge is -2.13. The Kier molecular flexibility index (Phi) is 5.18. The van der Waals surface area contributed by atoms with Crippen molar-refractivity contribution in [3.05, 3.63) is 29.6 Å². The van der Waals surface area contributed by atoms with Crippen LogP contribution in [0.4, 0.5) is 10.1 Å². The minimum atomic E-state index is -0.723. The number of anilines is 1. The molecule has 1 atom stereocenters. The molecule has 4 nitrogen and oxygen atoms in total. The van der Waals surface area contributed by atoms with E-state index in [1.54, 1.807) is 0 Å². The average Bonchev–Trinajstić information content (AvgIpc) is 2.35. The Morgan fingerprint density at radius 1 is 1.59 bits per heavy atom. The van der Waals surface area contributed by atoms with E-state index in [0.29, 0.717) is 5.69 Å². The first-order valence-electron chi connectivity index (χ1n) is 5.08. The maximum Gasteiger partial charge on any atom is 0.253 e. The number of aliphatic hydroxyl groups is 1. The first-order chi connectivity index (χ1) is 8.08. The Bertz CT molecular complexity index is 401. The van der Waals surface area contributed by atoms with Gasteiger partial charge in [0.05, 0.1) is 17.5 Å². The van der Waals surface area contributed by atoms with E-state index in [0.717, 1.165) is 6.07 Å². The third-order valence-electron chi connectivity index (χ3n) is 2.16. The van der Waals surface area contributed by atoms with E-state index in [2.05, 4.69) is 10.6 Å². The number of carbonyl (C=O) groups is 1. The number of alkyl halides is 1. The molecule has 0 saturated carbocycles. The van der Waals surface area contributed by atoms with Crippen LogP contribution in [0.25, 0.3) is 0 Å². The fourth-order valence-electron chi connectivity index (χ4n) is 1.28. The zero-order valence-electron chi connectivity index (χ0n) is 9.34. The summed E-state index contributed by atoms with van der Waals surface area (Å²) < 4.78 is 13.0. The van der Waals surface area contributed by atoms with Crippen molar-refractivity contribution in [1.29, 1.82) is 0 Å². The van der Waals surface area contributed by atoms with Gasteiger partial charge in [0.1, 0.15) is 5.82 Å². The van der Waals surface area contributed by atoms with Gasteiger partial charge in [0.2, 0.25) is 0 Å². The average molecular weight is 261 g/mol. The van der Waals surface area contributed by atoms with E-state index in [9.17, 15) is 14.3 Å². The molecule has 0 radical (unpaired) electrons. The highest BCUT2D eigenvalue weighted by atomic mass is 35.5. The van der Waals surface area contributed by atoms with Gasteiger partial charge in [-0.25, -0.2) is 4.39 Å². The molecule has 1 unspecified atom stereocenters. The van der Waals surface area contributed by atoms with Gasteiger partial charge in [-0.05, 0) is 18.2 Å². The maximum atomic E-state index is 13.0. The van der Waals surface area contributed by atoms with E-state index < -0.39 is 17.8 Å². The predicted molar refractivity (Wildman–Crippen MR) is 65.0 cm³/mol. The lowest BCUT2D eigenvalue weighted by atomic mass is 10.1. The lowest BCUT2D eigenvalue weighted by Crippen LogP contribution is -2.24. The van der Waals surface area contributed by atoms with Gasteiger partial charge in [0.25, 0.3) is 5.91 Å². The van der Waals surface area contributed by atoms with Crippen LogP contribution in [-0.2, 0) is 0 Å². The van der Waals surface area contributed by atoms with Crippen LogP contribution < -0.4 is 10.6 Å². The van der Waals surface area contributed by atoms with Gasteiger partial charge < -0.3 is 15.7 Å². The second kappa shape index (κ2) is 6.42. The number of halogens is 2. The van der Waals surface area contributed by atoms with Crippen molar-refractivity contribution in [3.63, 3.8) is 0 Å². The van der Waals surface area contributed by atoms with Crippen LogP contribution in [0.2, 0.25) is 0 Å². The molecule has 0 aliphatic heterocycles. The Labute approximate surface area is 104 Å². The number of hydrogen-bond donors (Lipinski definition) is 3. The van der Waals surface area contributed by atoms with Gasteiger partial charge in [0.15, 0.2) is 0 Å². The van der Waals surface area contributed by atoms with Gasteiger partial charge in [-0.1, -0.05) is 0 Å². The minimum Gasteiger partial charge on any atom is -0.390 e. The Morgan fingerprint density at radius 3 is 2.88 bits per heavy atom. The van der Waals surface area contributed by atoms with Gasteiger partial charge in [-0.2, -0.15) is 0 Å². The van der Waals surface area contributed by atoms with Crippen LogP contribution in [0.1, 0.15) is 10.4 Å². The number of nitrogens with one attached hydrogen (secondary N) is 2. The molecule has 17 heavy (non-hydrogen) atoms. The first kappa shape index (κ1) is 13.7. The summed E-state index contributed by atoms with van der Waals surface area (Å²) in [5.41, 5.74) is 0.643. The largest absolute Gasteiger partial charge is 0.390 e. The highest BCUT2D eigenvalue weighted by molar-refractivity contribution is 6.18. The molecular formula is C11H14ClFN2O2. The van der Waals surface area contributed by atoms with Crippen LogP contribution in [0.15, 0.2) is 18.2 Å². The summed E-state index contributed by atoms with van der Waals surface area (Å²) in [6.07, 6.45) is -0.723. The van der Waals surface area contributed by atoms with Crippen LogP contribution in [0.3, 0.4) is 0 Å². The number of amides is 1. The third-order valence-corrected chi connectivity index (χ3v) is 2.52. The summed E-state index contributed by atoms with van der Waals surface area (Å²) in [5.74, 6) is -0.803. The molecule has 0 heterocycles. The van der Waals surface area contributed by atoms with Crippen LogP contribution in [0, 0.1) is 5.82 Å². The normalized spacial score (nSPS) is 12.0. The van der Waals surface area contributed by atoms with Crippen LogP contribution >= 0.6 is 11.6 Å². The molecule has 0 saturated heterocycles. The molecule has 1 aromatic rings. The van der Waals surface area contributed by atoms with Crippen molar-refractivity contribution in [2.24, 2.45) is 0 Å². The molecule has 0 fully saturated rings. The number of aliphatic hydroxyl groups excluding tert-OH is 1. The molecule has 1 aromatic carbocycles. The van der Waals surface area contributed by atoms with E-state index >= 15 is 0 Å². The molecule has 1 rings (SSSR count). The third kappa shape index (κ3) is 3.87. The zero-order valence-corrected chi connectivity index (χ0v) is 10.1. The summed E-state index contributed by atoms with van der Waals surface area (Å²) in [7, 11) is 1.46. The monoisotopic (exact) mass is 260 g/mol. The van der Waals surface area contributed by atoms with Crippen molar-refractivity contribution in [3.8, 4) is 0 Å². The van der Waals surface area contributed by atoms with E-state index in [1.165, 1.54) is 19.2 Å². The second-order valence-corrected chi connectivity index (χ2v) is 3.77. The van der Waals surface area contributed by atoms with Gasteiger partial charge >= 0.3 is 0 Å². The summed E-state index contributed by atoms with van der Waals surface area (Å²) in [6.45, 7) is 0.194. The summed E-state index contributed by atoms with van der Waals surface area (Å²) in [5, 5.41) is 14.6. The van der Waals surface area contributed by atoms with Crippen molar-refractivity contribution in [1.82, 2.24) is 5.32 Å². The van der Waals surface area contributed by atoms with E-state index in [-0.39, 0.29) is 18.0 Å². The summed E-state index contributed by atoms with van der Waals surface area (Å²) in [4.78, 5) is 11.5. The Balaban J connectivity index is 2.86. The quantitative estimate of drug-likeness (QED) is 0.697. The molecule has 94 valence electrons. The SMILES string of the molecule is CNC(=O)c1cc(F)ccc1NCC(O)CCl. The number of carbonyl (C=O) groups excluding carboxylic acids is 1.